The van der Waals surface area contributed by atoms with Gasteiger partial charge in [0.25, 0.3) is 0 Å². The topological polar surface area (TPSA) is 125 Å². The Kier molecular flexibility index (Phi) is 11.7. The highest BCUT2D eigenvalue weighted by Gasteiger charge is 2.74. The Morgan fingerprint density at radius 3 is 2.50 bits per heavy atom. The molecule has 4 heterocycles. The molecule has 2 N–H and O–H groups in total. The average Bonchev–Trinajstić information content (AvgIpc) is 3.64. The van der Waals surface area contributed by atoms with E-state index in [0.717, 1.165) is 37.7 Å². The maximum absolute atomic E-state index is 14.6. The van der Waals surface area contributed by atoms with Gasteiger partial charge in [-0.15, -0.1) is 0 Å². The number of unbranched alkanes of at least 4 members (excludes halogenated alkanes) is 5. The van der Waals surface area contributed by atoms with Crippen LogP contribution in [0, 0.1) is 11.8 Å². The van der Waals surface area contributed by atoms with Crippen molar-refractivity contribution in [2.45, 2.75) is 88.6 Å². The fourth-order valence-electron chi connectivity index (χ4n) is 7.21. The quantitative estimate of drug-likeness (QED) is 0.202. The summed E-state index contributed by atoms with van der Waals surface area (Å²) in [6.45, 7) is 3.51. The third-order valence-corrected chi connectivity index (χ3v) is 10.2. The van der Waals surface area contributed by atoms with Crippen LogP contribution < -0.4 is 5.32 Å². The number of halogens is 1. The molecule has 3 amide bonds. The Bertz CT molecular complexity index is 1320. The van der Waals surface area contributed by atoms with Crippen molar-refractivity contribution < 1.29 is 33.8 Å². The molecule has 4 aliphatic heterocycles. The van der Waals surface area contributed by atoms with Crippen LogP contribution in [0.3, 0.4) is 0 Å². The SMILES string of the molecule is CCCCCN1C/C=C\CCC(=O)NC[C@H](c2ccccc2)OC(=O)[C@H]2[C@@H]3O[C@@]4(C=C3Br)[C@@H]2C(=O)N(CCCCCCO)[C@@H]4C1=O. The number of cyclic esters (lactones) is 1. The molecule has 6 atom stereocenters. The first-order valence-corrected chi connectivity index (χ1v) is 17.5. The lowest BCUT2D eigenvalue weighted by Gasteiger charge is -2.36. The van der Waals surface area contributed by atoms with E-state index in [1.165, 1.54) is 0 Å². The lowest BCUT2D eigenvalue weighted by atomic mass is 9.74. The number of esters is 1. The van der Waals surface area contributed by atoms with Gasteiger partial charge in [0, 0.05) is 37.1 Å². The van der Waals surface area contributed by atoms with Gasteiger partial charge in [-0.25, -0.2) is 0 Å². The molecular formula is C35H46BrN3O7. The molecule has 0 aromatic heterocycles. The summed E-state index contributed by atoms with van der Waals surface area (Å²) in [6, 6.07) is 8.29. The summed E-state index contributed by atoms with van der Waals surface area (Å²) in [6.07, 6.45) is 10.6. The van der Waals surface area contributed by atoms with E-state index in [-0.39, 0.29) is 37.3 Å². The van der Waals surface area contributed by atoms with Gasteiger partial charge in [0.05, 0.1) is 12.5 Å². The first kappa shape index (κ1) is 34.3. The van der Waals surface area contributed by atoms with Gasteiger partial charge in [0.1, 0.15) is 29.8 Å². The number of carbonyl (C=O) groups is 4. The molecule has 5 rings (SSSR count). The van der Waals surface area contributed by atoms with E-state index in [1.54, 1.807) is 9.80 Å². The number of hydrogen-bond acceptors (Lipinski definition) is 7. The number of aliphatic hydroxyl groups excluding tert-OH is 1. The first-order chi connectivity index (χ1) is 22.3. The number of likely N-dealkylation sites (tertiary alicyclic amines) is 1. The van der Waals surface area contributed by atoms with Crippen LogP contribution in [0.15, 0.2) is 53.0 Å². The molecule has 0 aliphatic carbocycles. The Labute approximate surface area is 279 Å². The lowest BCUT2D eigenvalue weighted by molar-refractivity contribution is -0.159. The monoisotopic (exact) mass is 699 g/mol. The zero-order chi connectivity index (χ0) is 32.7. The molecule has 1 spiro atoms. The predicted octanol–water partition coefficient (Wildman–Crippen LogP) is 4.18. The minimum Gasteiger partial charge on any atom is -0.455 e. The van der Waals surface area contributed by atoms with E-state index in [2.05, 4.69) is 28.2 Å². The Hall–Kier alpha value is -3.02. The summed E-state index contributed by atoms with van der Waals surface area (Å²) >= 11 is 3.61. The Morgan fingerprint density at radius 2 is 1.74 bits per heavy atom. The number of allylic oxidation sites excluding steroid dienone is 1. The second kappa shape index (κ2) is 15.7. The van der Waals surface area contributed by atoms with Crippen LogP contribution in [0.2, 0.25) is 0 Å². The normalized spacial score (nSPS) is 30.7. The minimum absolute atomic E-state index is 0.0869. The summed E-state index contributed by atoms with van der Waals surface area (Å²) in [4.78, 5) is 59.4. The average molecular weight is 701 g/mol. The van der Waals surface area contributed by atoms with Crippen LogP contribution in [0.4, 0.5) is 0 Å². The summed E-state index contributed by atoms with van der Waals surface area (Å²) < 4.78 is 13.4. The molecule has 2 saturated heterocycles. The number of aliphatic hydroxyl groups is 1. The van der Waals surface area contributed by atoms with Crippen molar-refractivity contribution >= 4 is 39.6 Å². The fraction of sp³-hybridized carbons (Fsp3) is 0.600. The van der Waals surface area contributed by atoms with Crippen molar-refractivity contribution in [3.8, 4) is 0 Å². The minimum atomic E-state index is -1.32. The molecule has 10 nitrogen and oxygen atoms in total. The zero-order valence-electron chi connectivity index (χ0n) is 26.6. The highest BCUT2D eigenvalue weighted by Crippen LogP contribution is 2.59. The van der Waals surface area contributed by atoms with Crippen LogP contribution in [-0.4, -0.2) is 89.1 Å². The third-order valence-electron chi connectivity index (χ3n) is 9.53. The number of carbonyl (C=O) groups excluding carboxylic acids is 4. The highest BCUT2D eigenvalue weighted by molar-refractivity contribution is 9.11. The van der Waals surface area contributed by atoms with Gasteiger partial charge in [-0.2, -0.15) is 0 Å². The number of benzene rings is 1. The van der Waals surface area contributed by atoms with Crippen molar-refractivity contribution in [2.75, 3.05) is 32.8 Å². The molecule has 4 aliphatic rings. The number of hydrogen-bond donors (Lipinski definition) is 2. The van der Waals surface area contributed by atoms with Crippen LogP contribution in [0.5, 0.6) is 0 Å². The lowest BCUT2D eigenvalue weighted by Crippen LogP contribution is -2.56. The van der Waals surface area contributed by atoms with Crippen LogP contribution in [-0.2, 0) is 28.7 Å². The maximum atomic E-state index is 14.6. The second-order valence-electron chi connectivity index (χ2n) is 12.6. The summed E-state index contributed by atoms with van der Waals surface area (Å²) in [5.74, 6) is -3.14. The standard InChI is InChI=1S/C35H46BrN3O7/c1-2-3-11-18-38-19-12-7-10-17-27(41)37-23-26(24-15-8-6-9-16-24)45-34(44)28-29-32(42)39(20-13-4-5-14-21-40)31(33(38)43)35(29)22-25(36)30(28)46-35/h6-9,12,15-16,22,26,28-31,40H,2-5,10-11,13-14,17-21,23H2,1H3,(H,37,41)/b12-7-/t26-,28-,29+,30-,31-,35+/m1/s1. The van der Waals surface area contributed by atoms with Crippen molar-refractivity contribution in [3.63, 3.8) is 0 Å². The van der Waals surface area contributed by atoms with E-state index in [0.29, 0.717) is 43.4 Å². The smallest absolute Gasteiger partial charge is 0.313 e. The number of nitrogens with zero attached hydrogens (tertiary/aromatic N) is 2. The highest BCUT2D eigenvalue weighted by atomic mass is 79.9. The van der Waals surface area contributed by atoms with Gasteiger partial charge in [0.15, 0.2) is 0 Å². The number of amides is 3. The van der Waals surface area contributed by atoms with Gasteiger partial charge in [0.2, 0.25) is 17.7 Å². The molecule has 250 valence electrons. The van der Waals surface area contributed by atoms with Gasteiger partial charge >= 0.3 is 5.97 Å². The molecule has 11 heteroatoms. The molecule has 1 aromatic carbocycles. The molecule has 0 radical (unpaired) electrons. The largest absolute Gasteiger partial charge is 0.455 e. The van der Waals surface area contributed by atoms with Gasteiger partial charge in [-0.1, -0.05) is 91.0 Å². The Balaban J connectivity index is 1.53. The molecule has 46 heavy (non-hydrogen) atoms. The van der Waals surface area contributed by atoms with Crippen molar-refractivity contribution in [1.29, 1.82) is 0 Å². The molecule has 0 unspecified atom stereocenters. The summed E-state index contributed by atoms with van der Waals surface area (Å²) in [5, 5.41) is 12.1. The molecule has 5 bridgehead atoms. The van der Waals surface area contributed by atoms with E-state index in [4.69, 9.17) is 9.47 Å². The van der Waals surface area contributed by atoms with Gasteiger partial charge < -0.3 is 29.7 Å². The van der Waals surface area contributed by atoms with Crippen LogP contribution in [0.1, 0.15) is 76.4 Å². The van der Waals surface area contributed by atoms with Crippen LogP contribution >= 0.6 is 15.9 Å². The van der Waals surface area contributed by atoms with Crippen LogP contribution in [0.25, 0.3) is 0 Å². The molecule has 1 aromatic rings. The van der Waals surface area contributed by atoms with E-state index in [9.17, 15) is 24.3 Å². The predicted molar refractivity (Wildman–Crippen MR) is 175 cm³/mol. The summed E-state index contributed by atoms with van der Waals surface area (Å²) in [5.41, 5.74) is -0.593. The molecular weight excluding hydrogens is 654 g/mol. The van der Waals surface area contributed by atoms with Gasteiger partial charge in [-0.05, 0) is 37.3 Å². The van der Waals surface area contributed by atoms with Crippen molar-refractivity contribution in [3.05, 3.63) is 58.6 Å². The van der Waals surface area contributed by atoms with E-state index in [1.807, 2.05) is 48.6 Å². The van der Waals surface area contributed by atoms with E-state index >= 15 is 0 Å². The number of nitrogens with one attached hydrogen (secondary N) is 1. The fourth-order valence-corrected chi connectivity index (χ4v) is 7.95. The van der Waals surface area contributed by atoms with Crippen molar-refractivity contribution in [2.24, 2.45) is 11.8 Å². The van der Waals surface area contributed by atoms with Crippen molar-refractivity contribution in [1.82, 2.24) is 15.1 Å². The zero-order valence-corrected chi connectivity index (χ0v) is 28.2. The maximum Gasteiger partial charge on any atom is 0.313 e. The first-order valence-electron chi connectivity index (χ1n) is 16.8. The second-order valence-corrected chi connectivity index (χ2v) is 13.6. The third kappa shape index (κ3) is 7.11. The Morgan fingerprint density at radius 1 is 0.978 bits per heavy atom. The van der Waals surface area contributed by atoms with E-state index < -0.39 is 41.7 Å². The number of fused-ring (bicyclic) bond motifs is 2. The molecule has 0 saturated carbocycles. The summed E-state index contributed by atoms with van der Waals surface area (Å²) in [7, 11) is 0. The van der Waals surface area contributed by atoms with Gasteiger partial charge in [-0.3, -0.25) is 19.2 Å². The molecule has 2 fully saturated rings. The number of ether oxygens (including phenoxy) is 2. The number of rotatable bonds is 11.